The van der Waals surface area contributed by atoms with Crippen molar-refractivity contribution < 1.29 is 22.7 Å². The molecule has 2 aliphatic rings. The Kier molecular flexibility index (Phi) is 5.95. The maximum Gasteiger partial charge on any atom is 0.253 e. The fourth-order valence-electron chi connectivity index (χ4n) is 3.31. The first-order valence-corrected chi connectivity index (χ1v) is 10.9. The third-order valence-corrected chi connectivity index (χ3v) is 7.01. The van der Waals surface area contributed by atoms with Crippen molar-refractivity contribution in [2.75, 3.05) is 34.3 Å². The van der Waals surface area contributed by atoms with Crippen LogP contribution in [-0.2, 0) is 14.8 Å². The summed E-state index contributed by atoms with van der Waals surface area (Å²) in [6.07, 6.45) is 3.55. The van der Waals surface area contributed by atoms with Gasteiger partial charge in [-0.05, 0) is 43.9 Å². The number of nitrogens with one attached hydrogen (secondary N) is 1. The van der Waals surface area contributed by atoms with Crippen LogP contribution in [-0.4, -0.2) is 69.8 Å². The summed E-state index contributed by atoms with van der Waals surface area (Å²) in [5.41, 5.74) is 0.268. The second-order valence-corrected chi connectivity index (χ2v) is 9.65. The van der Waals surface area contributed by atoms with E-state index in [2.05, 4.69) is 5.32 Å². The van der Waals surface area contributed by atoms with Gasteiger partial charge in [-0.1, -0.05) is 0 Å². The van der Waals surface area contributed by atoms with E-state index in [0.29, 0.717) is 19.1 Å². The molecule has 1 aliphatic carbocycles. The average molecular weight is 410 g/mol. The van der Waals surface area contributed by atoms with Crippen LogP contribution in [0.3, 0.4) is 0 Å². The molecule has 9 heteroatoms. The predicted molar refractivity (Wildman–Crippen MR) is 104 cm³/mol. The topological polar surface area (TPSA) is 96.0 Å². The molecule has 154 valence electrons. The van der Waals surface area contributed by atoms with Gasteiger partial charge in [0.1, 0.15) is 10.6 Å². The first-order valence-electron chi connectivity index (χ1n) is 9.44. The third-order valence-electron chi connectivity index (χ3n) is 5.17. The molecule has 0 spiro atoms. The second kappa shape index (κ2) is 8.08. The lowest BCUT2D eigenvalue weighted by Gasteiger charge is -2.32. The van der Waals surface area contributed by atoms with Crippen molar-refractivity contribution in [1.29, 1.82) is 0 Å². The molecule has 1 aliphatic heterocycles. The molecule has 8 nitrogen and oxygen atoms in total. The Hall–Kier alpha value is -2.13. The van der Waals surface area contributed by atoms with Crippen molar-refractivity contribution in [3.05, 3.63) is 23.8 Å². The van der Waals surface area contributed by atoms with E-state index < -0.39 is 10.0 Å². The minimum Gasteiger partial charge on any atom is -0.495 e. The smallest absolute Gasteiger partial charge is 0.253 e. The molecule has 1 N–H and O–H groups in total. The molecular formula is C19H27N3O5S. The van der Waals surface area contributed by atoms with Crippen LogP contribution in [0.5, 0.6) is 5.75 Å². The van der Waals surface area contributed by atoms with E-state index >= 15 is 0 Å². The molecule has 1 saturated carbocycles. The van der Waals surface area contributed by atoms with Crippen LogP contribution in [0.2, 0.25) is 0 Å². The largest absolute Gasteiger partial charge is 0.495 e. The zero-order chi connectivity index (χ0) is 20.5. The summed E-state index contributed by atoms with van der Waals surface area (Å²) in [6, 6.07) is 4.69. The Morgan fingerprint density at radius 2 is 1.93 bits per heavy atom. The van der Waals surface area contributed by atoms with Crippen molar-refractivity contribution in [2.45, 2.75) is 36.6 Å². The van der Waals surface area contributed by atoms with E-state index in [9.17, 15) is 18.0 Å². The van der Waals surface area contributed by atoms with Crippen LogP contribution in [0.25, 0.3) is 0 Å². The van der Waals surface area contributed by atoms with Crippen molar-refractivity contribution in [2.24, 2.45) is 5.92 Å². The van der Waals surface area contributed by atoms with Gasteiger partial charge in [0, 0.05) is 38.8 Å². The standard InChI is InChI=1S/C19H27N3O5S/c1-21(2)28(25,26)17-11-13(6-9-16(17)27-3)19(24)22-10-4-5-14(12-22)18(23)20-15-7-8-15/h6,9,11,14-15H,4-5,7-8,10,12H2,1-3H3,(H,20,23). The quantitative estimate of drug-likeness (QED) is 0.758. The Balaban J connectivity index is 1.80. The molecule has 0 bridgehead atoms. The van der Waals surface area contributed by atoms with Crippen molar-refractivity contribution in [1.82, 2.24) is 14.5 Å². The van der Waals surface area contributed by atoms with Gasteiger partial charge in [-0.2, -0.15) is 0 Å². The number of sulfonamides is 1. The van der Waals surface area contributed by atoms with Gasteiger partial charge in [0.15, 0.2) is 0 Å². The molecule has 0 aromatic heterocycles. The second-order valence-electron chi connectivity index (χ2n) is 7.53. The Morgan fingerprint density at radius 3 is 2.54 bits per heavy atom. The first kappa shape index (κ1) is 20.6. The molecule has 1 atom stereocenters. The van der Waals surface area contributed by atoms with Crippen LogP contribution in [0.15, 0.2) is 23.1 Å². The Bertz CT molecular complexity index is 864. The molecule has 0 radical (unpaired) electrons. The molecule has 1 unspecified atom stereocenters. The van der Waals surface area contributed by atoms with Crippen LogP contribution in [0, 0.1) is 5.92 Å². The summed E-state index contributed by atoms with van der Waals surface area (Å²) in [4.78, 5) is 26.9. The van der Waals surface area contributed by atoms with Gasteiger partial charge < -0.3 is 15.0 Å². The zero-order valence-corrected chi connectivity index (χ0v) is 17.3. The molecule has 1 heterocycles. The van der Waals surface area contributed by atoms with E-state index in [1.165, 1.54) is 33.3 Å². The maximum atomic E-state index is 13.0. The van der Waals surface area contributed by atoms with Crippen LogP contribution >= 0.6 is 0 Å². The lowest BCUT2D eigenvalue weighted by molar-refractivity contribution is -0.126. The number of likely N-dealkylation sites (tertiary alicyclic amines) is 1. The van der Waals surface area contributed by atoms with E-state index in [4.69, 9.17) is 4.74 Å². The van der Waals surface area contributed by atoms with E-state index in [-0.39, 0.29) is 33.9 Å². The number of hydrogen-bond donors (Lipinski definition) is 1. The predicted octanol–water partition coefficient (Wildman–Crippen LogP) is 1.08. The van der Waals surface area contributed by atoms with E-state index in [0.717, 1.165) is 30.0 Å². The third kappa shape index (κ3) is 4.30. The molecule has 1 saturated heterocycles. The summed E-state index contributed by atoms with van der Waals surface area (Å²) in [5, 5.41) is 3.00. The minimum atomic E-state index is -3.76. The van der Waals surface area contributed by atoms with Crippen molar-refractivity contribution >= 4 is 21.8 Å². The molecule has 3 rings (SSSR count). The summed E-state index contributed by atoms with van der Waals surface area (Å²) in [7, 11) is 0.480. The SMILES string of the molecule is COc1ccc(C(=O)N2CCCC(C(=O)NC3CC3)C2)cc1S(=O)(=O)N(C)C. The number of ether oxygens (including phenoxy) is 1. The highest BCUT2D eigenvalue weighted by Crippen LogP contribution is 2.28. The molecule has 1 aromatic carbocycles. The minimum absolute atomic E-state index is 0.00519. The summed E-state index contributed by atoms with van der Waals surface area (Å²) < 4.78 is 31.4. The fraction of sp³-hybridized carbons (Fsp3) is 0.579. The van der Waals surface area contributed by atoms with Gasteiger partial charge >= 0.3 is 0 Å². The van der Waals surface area contributed by atoms with Gasteiger partial charge in [0.2, 0.25) is 15.9 Å². The summed E-state index contributed by atoms with van der Waals surface area (Å²) >= 11 is 0. The highest BCUT2D eigenvalue weighted by molar-refractivity contribution is 7.89. The van der Waals surface area contributed by atoms with Crippen LogP contribution < -0.4 is 10.1 Å². The highest BCUT2D eigenvalue weighted by Gasteiger charge is 2.33. The Morgan fingerprint density at radius 1 is 1.21 bits per heavy atom. The number of hydrogen-bond acceptors (Lipinski definition) is 5. The molecule has 28 heavy (non-hydrogen) atoms. The normalized spacial score (nSPS) is 20.1. The first-order chi connectivity index (χ1) is 13.2. The number of rotatable bonds is 6. The highest BCUT2D eigenvalue weighted by atomic mass is 32.2. The van der Waals surface area contributed by atoms with Gasteiger partial charge in [-0.25, -0.2) is 12.7 Å². The van der Waals surface area contributed by atoms with Crippen LogP contribution in [0.4, 0.5) is 0 Å². The van der Waals surface area contributed by atoms with Crippen LogP contribution in [0.1, 0.15) is 36.0 Å². The van der Waals surface area contributed by atoms with E-state index in [1.54, 1.807) is 11.0 Å². The van der Waals surface area contributed by atoms with Crippen molar-refractivity contribution in [3.8, 4) is 5.75 Å². The van der Waals surface area contributed by atoms with E-state index in [1.807, 2.05) is 0 Å². The van der Waals surface area contributed by atoms with Gasteiger partial charge in [0.25, 0.3) is 5.91 Å². The average Bonchev–Trinajstić information content (AvgIpc) is 3.50. The number of carbonyl (C=O) groups is 2. The number of piperidine rings is 1. The lowest BCUT2D eigenvalue weighted by Crippen LogP contribution is -2.45. The zero-order valence-electron chi connectivity index (χ0n) is 16.5. The lowest BCUT2D eigenvalue weighted by atomic mass is 9.96. The Labute approximate surface area is 165 Å². The number of nitrogens with zero attached hydrogens (tertiary/aromatic N) is 2. The monoisotopic (exact) mass is 409 g/mol. The van der Waals surface area contributed by atoms with Crippen molar-refractivity contribution in [3.63, 3.8) is 0 Å². The van der Waals surface area contributed by atoms with Gasteiger partial charge in [-0.15, -0.1) is 0 Å². The summed E-state index contributed by atoms with van der Waals surface area (Å²) in [6.45, 7) is 0.896. The molecule has 2 fully saturated rings. The number of carbonyl (C=O) groups excluding carboxylic acids is 2. The number of benzene rings is 1. The molecular weight excluding hydrogens is 382 g/mol. The van der Waals surface area contributed by atoms with Gasteiger partial charge in [-0.3, -0.25) is 9.59 Å². The molecule has 1 aromatic rings. The number of methoxy groups -OCH3 is 1. The number of amides is 2. The maximum absolute atomic E-state index is 13.0. The summed E-state index contributed by atoms with van der Waals surface area (Å²) in [5.74, 6) is -0.306. The van der Waals surface area contributed by atoms with Gasteiger partial charge in [0.05, 0.1) is 13.0 Å². The fourth-order valence-corrected chi connectivity index (χ4v) is 4.39. The molecule has 2 amide bonds.